The third-order valence-corrected chi connectivity index (χ3v) is 5.95. The maximum absolute atomic E-state index is 12.0. The quantitative estimate of drug-likeness (QED) is 0.419. The van der Waals surface area contributed by atoms with Crippen LogP contribution in [-0.4, -0.2) is 69.8 Å². The molecule has 7 heteroatoms. The molecule has 1 aromatic rings. The lowest BCUT2D eigenvalue weighted by Crippen LogP contribution is -2.47. The van der Waals surface area contributed by atoms with Crippen molar-refractivity contribution in [2.24, 2.45) is 16.8 Å². The van der Waals surface area contributed by atoms with Crippen LogP contribution >= 0.6 is 0 Å². The third-order valence-electron chi connectivity index (χ3n) is 5.95. The summed E-state index contributed by atoms with van der Waals surface area (Å²) in [4.78, 5) is 21.6. The molecule has 2 aliphatic rings. The topological polar surface area (TPSA) is 66.4 Å². The molecular formula is C23H36N4O3. The molecule has 0 amide bonds. The summed E-state index contributed by atoms with van der Waals surface area (Å²) in [5, 5.41) is 3.43. The van der Waals surface area contributed by atoms with E-state index in [1.54, 1.807) is 7.11 Å². The van der Waals surface area contributed by atoms with Gasteiger partial charge in [0.25, 0.3) is 0 Å². The number of methoxy groups -OCH3 is 1. The lowest BCUT2D eigenvalue weighted by molar-refractivity contribution is -0.149. The van der Waals surface area contributed by atoms with Crippen LogP contribution in [0.1, 0.15) is 33.1 Å². The minimum Gasteiger partial charge on any atom is -0.497 e. The summed E-state index contributed by atoms with van der Waals surface area (Å²) in [7, 11) is 1.71. The number of aliphatic imine (C=N–C) groups is 1. The number of carbonyl (C=O) groups excluding carboxylic acids is 1. The van der Waals surface area contributed by atoms with Gasteiger partial charge in [0.1, 0.15) is 5.75 Å². The highest BCUT2D eigenvalue weighted by molar-refractivity contribution is 5.80. The first-order chi connectivity index (χ1) is 14.6. The second-order valence-electron chi connectivity index (χ2n) is 8.01. The van der Waals surface area contributed by atoms with Crippen molar-refractivity contribution in [2.75, 3.05) is 57.9 Å². The molecule has 0 saturated carbocycles. The van der Waals surface area contributed by atoms with Gasteiger partial charge in [-0.25, -0.2) is 0 Å². The number of nitrogens with one attached hydrogen (secondary N) is 1. The Hall–Kier alpha value is -2.44. The Morgan fingerprint density at radius 1 is 1.20 bits per heavy atom. The van der Waals surface area contributed by atoms with E-state index in [4.69, 9.17) is 14.5 Å². The molecule has 0 aromatic heterocycles. The van der Waals surface area contributed by atoms with Gasteiger partial charge in [-0.3, -0.25) is 9.79 Å². The summed E-state index contributed by atoms with van der Waals surface area (Å²) < 4.78 is 10.5. The molecule has 2 fully saturated rings. The minimum absolute atomic E-state index is 0.0235. The number of guanidine groups is 1. The highest BCUT2D eigenvalue weighted by atomic mass is 16.5. The van der Waals surface area contributed by atoms with Gasteiger partial charge in [0.05, 0.1) is 19.6 Å². The molecule has 1 atom stereocenters. The van der Waals surface area contributed by atoms with Gasteiger partial charge in [0, 0.05) is 51.0 Å². The van der Waals surface area contributed by atoms with Crippen LogP contribution in [-0.2, 0) is 9.53 Å². The Morgan fingerprint density at radius 3 is 2.70 bits per heavy atom. The number of hydrogen-bond donors (Lipinski definition) is 1. The van der Waals surface area contributed by atoms with E-state index in [1.807, 2.05) is 19.1 Å². The number of anilines is 1. The molecule has 0 bridgehead atoms. The predicted octanol–water partition coefficient (Wildman–Crippen LogP) is 2.76. The second-order valence-corrected chi connectivity index (χ2v) is 8.01. The zero-order valence-corrected chi connectivity index (χ0v) is 18.6. The van der Waals surface area contributed by atoms with Crippen molar-refractivity contribution >= 4 is 17.6 Å². The molecule has 2 saturated heterocycles. The summed E-state index contributed by atoms with van der Waals surface area (Å²) >= 11 is 0. The van der Waals surface area contributed by atoms with Gasteiger partial charge >= 0.3 is 5.97 Å². The van der Waals surface area contributed by atoms with Gasteiger partial charge in [0.2, 0.25) is 0 Å². The zero-order valence-electron chi connectivity index (χ0n) is 18.6. The maximum Gasteiger partial charge on any atom is 0.309 e. The molecule has 0 spiro atoms. The molecule has 7 nitrogen and oxygen atoms in total. The Balaban J connectivity index is 1.53. The average molecular weight is 417 g/mol. The molecule has 2 aliphatic heterocycles. The van der Waals surface area contributed by atoms with Crippen molar-refractivity contribution in [3.8, 4) is 5.75 Å². The van der Waals surface area contributed by atoms with E-state index in [0.29, 0.717) is 12.5 Å². The highest BCUT2D eigenvalue weighted by Crippen LogP contribution is 2.27. The normalized spacial score (nSPS) is 20.4. The highest BCUT2D eigenvalue weighted by Gasteiger charge is 2.28. The third kappa shape index (κ3) is 5.80. The van der Waals surface area contributed by atoms with Gasteiger partial charge in [0.15, 0.2) is 5.96 Å². The molecule has 1 aromatic carbocycles. The van der Waals surface area contributed by atoms with E-state index in [2.05, 4.69) is 34.2 Å². The Morgan fingerprint density at radius 2 is 2.00 bits per heavy atom. The monoisotopic (exact) mass is 416 g/mol. The molecule has 0 radical (unpaired) electrons. The van der Waals surface area contributed by atoms with Crippen molar-refractivity contribution in [3.05, 3.63) is 24.3 Å². The average Bonchev–Trinajstić information content (AvgIpc) is 3.26. The summed E-state index contributed by atoms with van der Waals surface area (Å²) in [5.74, 6) is 2.38. The van der Waals surface area contributed by atoms with Crippen LogP contribution in [0, 0.1) is 11.8 Å². The number of esters is 1. The van der Waals surface area contributed by atoms with Crippen molar-refractivity contribution in [1.29, 1.82) is 0 Å². The van der Waals surface area contributed by atoms with E-state index in [9.17, 15) is 4.79 Å². The number of rotatable bonds is 7. The molecule has 1 N–H and O–H groups in total. The number of likely N-dealkylation sites (tertiary alicyclic amines) is 1. The van der Waals surface area contributed by atoms with E-state index in [1.165, 1.54) is 5.69 Å². The summed E-state index contributed by atoms with van der Waals surface area (Å²) in [6.45, 7) is 9.83. The number of benzene rings is 1. The Labute approximate surface area is 180 Å². The van der Waals surface area contributed by atoms with Crippen molar-refractivity contribution < 1.29 is 14.3 Å². The predicted molar refractivity (Wildman–Crippen MR) is 120 cm³/mol. The van der Waals surface area contributed by atoms with Crippen molar-refractivity contribution in [3.63, 3.8) is 0 Å². The molecule has 166 valence electrons. The maximum atomic E-state index is 12.0. The SMILES string of the molecule is CCNC(=NCC1CCN(c2cccc(OC)c2)C1)N1CCC(C(=O)OCC)CC1. The number of hydrogen-bond acceptors (Lipinski definition) is 5. The standard InChI is InChI=1S/C23H36N4O3/c1-4-24-23(26-13-10-19(11-14-26)22(28)30-5-2)25-16-18-9-12-27(17-18)20-7-6-8-21(15-20)29-3/h6-8,15,18-19H,4-5,9-14,16-17H2,1-3H3,(H,24,25). The lowest BCUT2D eigenvalue weighted by Gasteiger charge is -2.33. The van der Waals surface area contributed by atoms with Crippen molar-refractivity contribution in [2.45, 2.75) is 33.1 Å². The van der Waals surface area contributed by atoms with Crippen LogP contribution in [0.25, 0.3) is 0 Å². The van der Waals surface area contributed by atoms with Crippen LogP contribution < -0.4 is 15.0 Å². The van der Waals surface area contributed by atoms with Gasteiger partial charge in [-0.15, -0.1) is 0 Å². The number of carbonyl (C=O) groups is 1. The second kappa shape index (κ2) is 11.1. The number of piperidine rings is 1. The summed E-state index contributed by atoms with van der Waals surface area (Å²) in [5.41, 5.74) is 1.22. The first-order valence-electron chi connectivity index (χ1n) is 11.2. The van der Waals surface area contributed by atoms with Crippen LogP contribution in [0.2, 0.25) is 0 Å². The zero-order chi connectivity index (χ0) is 21.3. The first kappa shape index (κ1) is 22.2. The Bertz CT molecular complexity index is 716. The molecule has 1 unspecified atom stereocenters. The van der Waals surface area contributed by atoms with Gasteiger partial charge in [-0.05, 0) is 51.2 Å². The fourth-order valence-electron chi connectivity index (χ4n) is 4.25. The van der Waals surface area contributed by atoms with E-state index < -0.39 is 0 Å². The Kier molecular flexibility index (Phi) is 8.22. The lowest BCUT2D eigenvalue weighted by atomic mass is 9.97. The molecule has 2 heterocycles. The summed E-state index contributed by atoms with van der Waals surface area (Å²) in [6, 6.07) is 8.27. The van der Waals surface area contributed by atoms with E-state index in [-0.39, 0.29) is 11.9 Å². The van der Waals surface area contributed by atoms with Crippen LogP contribution in [0.15, 0.2) is 29.3 Å². The molecule has 3 rings (SSSR count). The fourth-order valence-corrected chi connectivity index (χ4v) is 4.25. The summed E-state index contributed by atoms with van der Waals surface area (Å²) in [6.07, 6.45) is 2.80. The van der Waals surface area contributed by atoms with Crippen molar-refractivity contribution in [1.82, 2.24) is 10.2 Å². The first-order valence-corrected chi connectivity index (χ1v) is 11.2. The van der Waals surface area contributed by atoms with Crippen LogP contribution in [0.3, 0.4) is 0 Å². The van der Waals surface area contributed by atoms with Gasteiger partial charge < -0.3 is 24.6 Å². The molecule has 30 heavy (non-hydrogen) atoms. The smallest absolute Gasteiger partial charge is 0.309 e. The fraction of sp³-hybridized carbons (Fsp3) is 0.652. The van der Waals surface area contributed by atoms with Crippen LogP contribution in [0.5, 0.6) is 5.75 Å². The van der Waals surface area contributed by atoms with Gasteiger partial charge in [-0.1, -0.05) is 6.07 Å². The minimum atomic E-state index is -0.0531. The van der Waals surface area contributed by atoms with E-state index in [0.717, 1.165) is 70.2 Å². The number of nitrogens with zero attached hydrogens (tertiary/aromatic N) is 3. The van der Waals surface area contributed by atoms with Gasteiger partial charge in [-0.2, -0.15) is 0 Å². The molecular weight excluding hydrogens is 380 g/mol. The largest absolute Gasteiger partial charge is 0.497 e. The number of ether oxygens (including phenoxy) is 2. The van der Waals surface area contributed by atoms with E-state index >= 15 is 0 Å². The molecule has 0 aliphatic carbocycles. The van der Waals surface area contributed by atoms with Crippen LogP contribution in [0.4, 0.5) is 5.69 Å².